The van der Waals surface area contributed by atoms with E-state index in [2.05, 4.69) is 42.3 Å². The predicted octanol–water partition coefficient (Wildman–Crippen LogP) is 4.67. The average Bonchev–Trinajstić information content (AvgIpc) is 3.19. The van der Waals surface area contributed by atoms with Gasteiger partial charge >= 0.3 is 0 Å². The van der Waals surface area contributed by atoms with Crippen molar-refractivity contribution in [1.29, 1.82) is 0 Å². The molecule has 2 aromatic heterocycles. The maximum atomic E-state index is 11.9. The summed E-state index contributed by atoms with van der Waals surface area (Å²) in [5.74, 6) is 0.402. The van der Waals surface area contributed by atoms with Crippen molar-refractivity contribution in [1.82, 2.24) is 4.98 Å². The van der Waals surface area contributed by atoms with E-state index in [0.29, 0.717) is 10.9 Å². The summed E-state index contributed by atoms with van der Waals surface area (Å²) in [5.41, 5.74) is 4.32. The van der Waals surface area contributed by atoms with Gasteiger partial charge < -0.3 is 4.42 Å². The molecule has 0 atom stereocenters. The number of benzene rings is 1. The monoisotopic (exact) mass is 324 g/mol. The first-order chi connectivity index (χ1) is 11.1. The van der Waals surface area contributed by atoms with Crippen LogP contribution in [0.1, 0.15) is 16.9 Å². The Labute approximate surface area is 138 Å². The van der Waals surface area contributed by atoms with E-state index in [-0.39, 0.29) is 5.91 Å². The Morgan fingerprint density at radius 3 is 2.96 bits per heavy atom. The highest BCUT2D eigenvalue weighted by molar-refractivity contribution is 7.14. The van der Waals surface area contributed by atoms with Crippen LogP contribution in [-0.2, 0) is 4.79 Å². The molecule has 2 heterocycles. The number of hydrogen-bond donors (Lipinski definition) is 1. The van der Waals surface area contributed by atoms with Crippen LogP contribution in [0.15, 0.2) is 52.5 Å². The number of aryl methyl sites for hydroxylation is 2. The Morgan fingerprint density at radius 1 is 1.30 bits per heavy atom. The zero-order valence-corrected chi connectivity index (χ0v) is 13.7. The summed E-state index contributed by atoms with van der Waals surface area (Å²) in [6.07, 6.45) is 4.61. The van der Waals surface area contributed by atoms with Crippen molar-refractivity contribution in [3.63, 3.8) is 0 Å². The molecule has 0 spiro atoms. The molecule has 0 aliphatic heterocycles. The number of nitrogens with zero attached hydrogens (tertiary/aromatic N) is 1. The van der Waals surface area contributed by atoms with Crippen molar-refractivity contribution in [3.05, 3.63) is 64.9 Å². The van der Waals surface area contributed by atoms with Crippen molar-refractivity contribution >= 4 is 28.5 Å². The van der Waals surface area contributed by atoms with Gasteiger partial charge in [0.2, 0.25) is 5.91 Å². The predicted molar refractivity (Wildman–Crippen MR) is 93.4 cm³/mol. The summed E-state index contributed by atoms with van der Waals surface area (Å²) in [5, 5.41) is 5.30. The lowest BCUT2D eigenvalue weighted by Gasteiger charge is -2.03. The molecule has 0 saturated carbocycles. The Hall–Kier alpha value is -2.66. The van der Waals surface area contributed by atoms with Gasteiger partial charge in [0.1, 0.15) is 5.76 Å². The highest BCUT2D eigenvalue weighted by Gasteiger charge is 2.09. The van der Waals surface area contributed by atoms with E-state index in [1.807, 2.05) is 5.38 Å². The quantitative estimate of drug-likeness (QED) is 0.709. The van der Waals surface area contributed by atoms with Crippen LogP contribution in [0, 0.1) is 13.8 Å². The minimum absolute atomic E-state index is 0.233. The fourth-order valence-corrected chi connectivity index (χ4v) is 2.87. The summed E-state index contributed by atoms with van der Waals surface area (Å²) in [4.78, 5) is 16.4. The Morgan fingerprint density at radius 2 is 2.17 bits per heavy atom. The summed E-state index contributed by atoms with van der Waals surface area (Å²) >= 11 is 1.41. The molecule has 0 bridgehead atoms. The number of rotatable bonds is 4. The summed E-state index contributed by atoms with van der Waals surface area (Å²) in [6.45, 7) is 4.11. The molecule has 0 saturated heterocycles. The molecule has 0 radical (unpaired) electrons. The first-order valence-electron chi connectivity index (χ1n) is 7.17. The lowest BCUT2D eigenvalue weighted by atomic mass is 10.0. The van der Waals surface area contributed by atoms with Crippen molar-refractivity contribution in [2.45, 2.75) is 13.8 Å². The van der Waals surface area contributed by atoms with Gasteiger partial charge in [0.15, 0.2) is 5.13 Å². The van der Waals surface area contributed by atoms with Crippen LogP contribution in [0.25, 0.3) is 17.3 Å². The van der Waals surface area contributed by atoms with Crippen LogP contribution in [0.4, 0.5) is 5.13 Å². The van der Waals surface area contributed by atoms with Crippen LogP contribution >= 0.6 is 11.3 Å². The lowest BCUT2D eigenvalue weighted by Crippen LogP contribution is -2.07. The normalized spacial score (nSPS) is 11.0. The fraction of sp³-hybridized carbons (Fsp3) is 0.111. The van der Waals surface area contributed by atoms with Crippen molar-refractivity contribution < 1.29 is 9.21 Å². The number of furan rings is 1. The number of amides is 1. The molecular weight excluding hydrogens is 308 g/mol. The average molecular weight is 324 g/mol. The maximum Gasteiger partial charge on any atom is 0.250 e. The van der Waals surface area contributed by atoms with Crippen molar-refractivity contribution in [2.75, 3.05) is 5.32 Å². The minimum Gasteiger partial charge on any atom is -0.465 e. The van der Waals surface area contributed by atoms with Gasteiger partial charge in [-0.2, -0.15) is 0 Å². The second kappa shape index (κ2) is 6.62. The van der Waals surface area contributed by atoms with Gasteiger partial charge in [0, 0.05) is 17.0 Å². The number of thiazole rings is 1. The lowest BCUT2D eigenvalue weighted by molar-refractivity contribution is -0.111. The fourth-order valence-electron chi connectivity index (χ4n) is 2.16. The number of hydrogen-bond acceptors (Lipinski definition) is 4. The van der Waals surface area contributed by atoms with E-state index in [9.17, 15) is 4.79 Å². The molecule has 1 aromatic carbocycles. The number of carbonyl (C=O) groups excluding carboxylic acids is 1. The first-order valence-corrected chi connectivity index (χ1v) is 8.05. The largest absolute Gasteiger partial charge is 0.465 e. The third-order valence-corrected chi connectivity index (χ3v) is 4.10. The van der Waals surface area contributed by atoms with E-state index in [0.717, 1.165) is 16.8 Å². The summed E-state index contributed by atoms with van der Waals surface area (Å²) < 4.78 is 5.14. The molecule has 5 heteroatoms. The SMILES string of the molecule is Cc1ccc(C)c(-c2csc(NC(=O)/C=C/c3ccco3)n2)c1. The van der Waals surface area contributed by atoms with Crippen LogP contribution in [0.3, 0.4) is 0 Å². The van der Waals surface area contributed by atoms with E-state index in [4.69, 9.17) is 4.42 Å². The zero-order chi connectivity index (χ0) is 16.2. The maximum absolute atomic E-state index is 11.9. The number of aromatic nitrogens is 1. The smallest absolute Gasteiger partial charge is 0.250 e. The standard InChI is InChI=1S/C18H16N2O2S/c1-12-5-6-13(2)15(10-12)16-11-23-18(19-16)20-17(21)8-7-14-4-3-9-22-14/h3-11H,1-2H3,(H,19,20,21)/b8-7+. The molecule has 1 N–H and O–H groups in total. The van der Waals surface area contributed by atoms with Gasteiger partial charge in [-0.05, 0) is 43.7 Å². The Balaban J connectivity index is 1.72. The molecule has 3 aromatic rings. The molecular formula is C18H16N2O2S. The first kappa shape index (κ1) is 15.2. The summed E-state index contributed by atoms with van der Waals surface area (Å²) in [7, 11) is 0. The van der Waals surface area contributed by atoms with Crippen molar-refractivity contribution in [3.8, 4) is 11.3 Å². The van der Waals surface area contributed by atoms with Gasteiger partial charge in [-0.1, -0.05) is 17.7 Å². The van der Waals surface area contributed by atoms with Crippen LogP contribution in [-0.4, -0.2) is 10.9 Å². The second-order valence-electron chi connectivity index (χ2n) is 5.19. The van der Waals surface area contributed by atoms with Crippen LogP contribution in [0.5, 0.6) is 0 Å². The topological polar surface area (TPSA) is 55.1 Å². The molecule has 0 aliphatic carbocycles. The van der Waals surface area contributed by atoms with Crippen LogP contribution < -0.4 is 5.32 Å². The van der Waals surface area contributed by atoms with Gasteiger partial charge in [0.25, 0.3) is 0 Å². The van der Waals surface area contributed by atoms with Gasteiger partial charge in [-0.15, -0.1) is 11.3 Å². The number of carbonyl (C=O) groups is 1. The van der Waals surface area contributed by atoms with Crippen LogP contribution in [0.2, 0.25) is 0 Å². The molecule has 23 heavy (non-hydrogen) atoms. The van der Waals surface area contributed by atoms with E-state index in [1.165, 1.54) is 23.0 Å². The molecule has 0 fully saturated rings. The minimum atomic E-state index is -0.233. The van der Waals surface area contributed by atoms with E-state index >= 15 is 0 Å². The van der Waals surface area contributed by atoms with Gasteiger partial charge in [0.05, 0.1) is 12.0 Å². The third-order valence-electron chi connectivity index (χ3n) is 3.35. The number of nitrogens with one attached hydrogen (secondary N) is 1. The molecule has 0 aliphatic rings. The molecule has 4 nitrogen and oxygen atoms in total. The van der Waals surface area contributed by atoms with Crippen molar-refractivity contribution in [2.24, 2.45) is 0 Å². The van der Waals surface area contributed by atoms with Gasteiger partial charge in [-0.25, -0.2) is 4.98 Å². The molecule has 116 valence electrons. The Bertz CT molecular complexity index is 848. The van der Waals surface area contributed by atoms with E-state index in [1.54, 1.807) is 24.5 Å². The van der Waals surface area contributed by atoms with Gasteiger partial charge in [-0.3, -0.25) is 10.1 Å². The number of anilines is 1. The highest BCUT2D eigenvalue weighted by Crippen LogP contribution is 2.28. The second-order valence-corrected chi connectivity index (χ2v) is 6.05. The highest BCUT2D eigenvalue weighted by atomic mass is 32.1. The molecule has 3 rings (SSSR count). The van der Waals surface area contributed by atoms with E-state index < -0.39 is 0 Å². The molecule has 0 unspecified atom stereocenters. The third kappa shape index (κ3) is 3.76. The Kier molecular flexibility index (Phi) is 4.39. The molecule has 1 amide bonds. The zero-order valence-electron chi connectivity index (χ0n) is 12.9. The summed E-state index contributed by atoms with van der Waals surface area (Å²) in [6, 6.07) is 9.81.